The molecule has 0 aliphatic rings. The van der Waals surface area contributed by atoms with Crippen molar-refractivity contribution in [2.45, 2.75) is 112 Å². The summed E-state index contributed by atoms with van der Waals surface area (Å²) < 4.78 is 0. The van der Waals surface area contributed by atoms with E-state index in [1.165, 1.54) is 18.9 Å². The van der Waals surface area contributed by atoms with Crippen LogP contribution in [-0.2, 0) is 40.0 Å². The fourth-order valence-electron chi connectivity index (χ4n) is 6.34. The van der Waals surface area contributed by atoms with E-state index in [4.69, 9.17) is 5.73 Å². The predicted octanol–water partition coefficient (Wildman–Crippen LogP) is 3.42. The predicted molar refractivity (Wildman–Crippen MR) is 226 cm³/mol. The Kier molecular flexibility index (Phi) is 20.1. The van der Waals surface area contributed by atoms with E-state index in [0.717, 1.165) is 28.0 Å². The van der Waals surface area contributed by atoms with Crippen LogP contribution in [0.3, 0.4) is 0 Å². The van der Waals surface area contributed by atoms with Crippen molar-refractivity contribution in [2.24, 2.45) is 29.4 Å². The number of rotatable bonds is 23. The Hall–Kier alpha value is -5.27. The minimum absolute atomic E-state index is 0.0523. The van der Waals surface area contributed by atoms with Gasteiger partial charge in [-0.25, -0.2) is 0 Å². The molecule has 0 radical (unpaired) electrons. The molecule has 0 aromatic heterocycles. The smallest absolute Gasteiger partial charge is 0.245 e. The van der Waals surface area contributed by atoms with Crippen LogP contribution in [0.5, 0.6) is 0 Å². The van der Waals surface area contributed by atoms with E-state index in [-0.39, 0.29) is 36.5 Å². The van der Waals surface area contributed by atoms with Crippen molar-refractivity contribution in [3.8, 4) is 11.1 Å². The zero-order valence-corrected chi connectivity index (χ0v) is 36.1. The second-order valence-corrected chi connectivity index (χ2v) is 16.6. The number of nitrogens with zero attached hydrogens (tertiary/aromatic N) is 2. The van der Waals surface area contributed by atoms with E-state index < -0.39 is 72.6 Å². The van der Waals surface area contributed by atoms with Gasteiger partial charge in [0.1, 0.15) is 24.2 Å². The molecular formula is C44H67N7O7. The second-order valence-electron chi connectivity index (χ2n) is 16.6. The number of hydrogen-bond acceptors (Lipinski definition) is 7. The molecule has 14 heteroatoms. The Bertz CT molecular complexity index is 1680. The molecule has 0 heterocycles. The zero-order chi connectivity index (χ0) is 43.7. The van der Waals surface area contributed by atoms with Crippen LogP contribution in [-0.4, -0.2) is 103 Å². The van der Waals surface area contributed by atoms with Crippen LogP contribution in [0.4, 0.5) is 0 Å². The largest absolute Gasteiger partial charge is 0.370 e. The van der Waals surface area contributed by atoms with Gasteiger partial charge < -0.3 is 36.8 Å². The first-order chi connectivity index (χ1) is 27.2. The maximum Gasteiger partial charge on any atom is 0.245 e. The van der Waals surface area contributed by atoms with Gasteiger partial charge in [0.15, 0.2) is 0 Å². The Balaban J connectivity index is 2.15. The van der Waals surface area contributed by atoms with E-state index in [1.807, 2.05) is 103 Å². The molecule has 6 N–H and O–H groups in total. The first kappa shape index (κ1) is 48.9. The summed E-state index contributed by atoms with van der Waals surface area (Å²) in [6.45, 7) is 15.1. The maximum atomic E-state index is 13.6. The summed E-state index contributed by atoms with van der Waals surface area (Å²) in [5, 5.41) is 10.8. The van der Waals surface area contributed by atoms with E-state index in [1.54, 1.807) is 7.05 Å². The molecule has 0 aliphatic heterocycles. The van der Waals surface area contributed by atoms with Crippen molar-refractivity contribution in [3.05, 3.63) is 60.2 Å². The Morgan fingerprint density at radius 1 is 0.621 bits per heavy atom. The highest BCUT2D eigenvalue weighted by Gasteiger charge is 2.33. The molecule has 0 fully saturated rings. The number of amides is 7. The van der Waals surface area contributed by atoms with Gasteiger partial charge in [0.2, 0.25) is 41.4 Å². The summed E-state index contributed by atoms with van der Waals surface area (Å²) in [5.74, 6) is -3.75. The molecule has 0 aliphatic carbocycles. The van der Waals surface area contributed by atoms with Gasteiger partial charge in [-0.1, -0.05) is 103 Å². The number of benzene rings is 2. The molecule has 2 rings (SSSR count). The van der Waals surface area contributed by atoms with Crippen molar-refractivity contribution in [1.82, 2.24) is 31.1 Å². The summed E-state index contributed by atoms with van der Waals surface area (Å²) in [7, 11) is 3.00. The van der Waals surface area contributed by atoms with Crippen LogP contribution < -0.4 is 27.0 Å². The molecule has 0 saturated heterocycles. The molecule has 2 aromatic carbocycles. The summed E-state index contributed by atoms with van der Waals surface area (Å²) >= 11 is 0. The van der Waals surface area contributed by atoms with Gasteiger partial charge in [-0.15, -0.1) is 0 Å². The molecule has 5 atom stereocenters. The normalized spacial score (nSPS) is 13.8. The third kappa shape index (κ3) is 16.7. The quantitative estimate of drug-likeness (QED) is 0.113. The van der Waals surface area contributed by atoms with Gasteiger partial charge in [0.05, 0.1) is 13.0 Å². The number of primary amides is 1. The first-order valence-corrected chi connectivity index (χ1v) is 20.3. The van der Waals surface area contributed by atoms with Gasteiger partial charge in [0, 0.05) is 33.0 Å². The maximum absolute atomic E-state index is 13.6. The lowest BCUT2D eigenvalue weighted by Crippen LogP contribution is -2.58. The average Bonchev–Trinajstić information content (AvgIpc) is 3.16. The Morgan fingerprint density at radius 3 is 1.72 bits per heavy atom. The fourth-order valence-corrected chi connectivity index (χ4v) is 6.34. The van der Waals surface area contributed by atoms with Gasteiger partial charge in [-0.05, 0) is 60.6 Å². The molecule has 14 nitrogen and oxygen atoms in total. The number of nitrogens with two attached hydrogens (primary N) is 1. The van der Waals surface area contributed by atoms with Crippen molar-refractivity contribution >= 4 is 41.4 Å². The molecule has 0 unspecified atom stereocenters. The summed E-state index contributed by atoms with van der Waals surface area (Å²) in [5.41, 5.74) is 8.29. The van der Waals surface area contributed by atoms with Gasteiger partial charge in [-0.2, -0.15) is 0 Å². The van der Waals surface area contributed by atoms with Gasteiger partial charge >= 0.3 is 0 Å². The number of carbonyl (C=O) groups excluding carboxylic acids is 7. The third-order valence-electron chi connectivity index (χ3n) is 9.95. The monoisotopic (exact) mass is 806 g/mol. The Labute approximate surface area is 344 Å². The molecule has 58 heavy (non-hydrogen) atoms. The van der Waals surface area contributed by atoms with E-state index in [2.05, 4.69) is 21.3 Å². The molecule has 2 aromatic rings. The Morgan fingerprint density at radius 2 is 1.17 bits per heavy atom. The summed E-state index contributed by atoms with van der Waals surface area (Å²) in [6, 6.07) is 13.2. The minimum Gasteiger partial charge on any atom is -0.370 e. The van der Waals surface area contributed by atoms with E-state index >= 15 is 0 Å². The number of likely N-dealkylation sites (N-methyl/N-ethyl adjacent to an activating group) is 2. The standard InChI is InChI=1S/C44H67N7O7/c1-27(2)20-21-50(9)44(58)37(25-38(45)52)49-43(57)35(23-29(5)6)48-41(55)31(8)51(10)39(53)26-46-42(56)36(47-40(54)30(7)22-28(3)4)24-32-16-18-34(19-17-32)33-14-12-11-13-15-33/h11-19,27-31,35-37H,20-26H2,1-10H3,(H2,45,52)(H,46,56)(H,47,54)(H,48,55)(H,49,57)/t30-,31-,35+,36-,37-/m0/s1. The highest BCUT2D eigenvalue weighted by molar-refractivity contribution is 5.96. The summed E-state index contributed by atoms with van der Waals surface area (Å²) in [4.78, 5) is 94.9. The highest BCUT2D eigenvalue weighted by atomic mass is 16.2. The van der Waals surface area contributed by atoms with Crippen LogP contribution >= 0.6 is 0 Å². The zero-order valence-electron chi connectivity index (χ0n) is 36.1. The molecule has 7 amide bonds. The molecular weight excluding hydrogens is 739 g/mol. The van der Waals surface area contributed by atoms with Gasteiger partial charge in [-0.3, -0.25) is 33.6 Å². The molecule has 320 valence electrons. The van der Waals surface area contributed by atoms with Crippen LogP contribution in [0, 0.1) is 23.7 Å². The van der Waals surface area contributed by atoms with E-state index in [9.17, 15) is 33.6 Å². The van der Waals surface area contributed by atoms with E-state index in [0.29, 0.717) is 18.9 Å². The SMILES string of the molecule is CC(C)CCN(C)C(=O)[C@H](CC(N)=O)NC(=O)[C@@H](CC(C)C)NC(=O)[C@H](C)N(C)C(=O)CNC(=O)[C@H](Cc1ccc(-c2ccccc2)cc1)NC(=O)[C@@H](C)CC(C)C. The van der Waals surface area contributed by atoms with Crippen LogP contribution in [0.2, 0.25) is 0 Å². The first-order valence-electron chi connectivity index (χ1n) is 20.3. The molecule has 0 saturated carbocycles. The lowest BCUT2D eigenvalue weighted by atomic mass is 9.96. The van der Waals surface area contributed by atoms with Crippen LogP contribution in [0.25, 0.3) is 11.1 Å². The fraction of sp³-hybridized carbons (Fsp3) is 0.568. The molecule has 0 bridgehead atoms. The van der Waals surface area contributed by atoms with Crippen molar-refractivity contribution in [2.75, 3.05) is 27.2 Å². The van der Waals surface area contributed by atoms with Crippen LogP contribution in [0.1, 0.15) is 86.6 Å². The lowest BCUT2D eigenvalue weighted by molar-refractivity contribution is -0.141. The third-order valence-corrected chi connectivity index (χ3v) is 9.95. The number of hydrogen-bond donors (Lipinski definition) is 5. The van der Waals surface area contributed by atoms with Crippen molar-refractivity contribution < 1.29 is 33.6 Å². The highest BCUT2D eigenvalue weighted by Crippen LogP contribution is 2.20. The second kappa shape index (κ2) is 23.8. The number of carbonyl (C=O) groups is 7. The lowest BCUT2D eigenvalue weighted by Gasteiger charge is -2.29. The van der Waals surface area contributed by atoms with Crippen molar-refractivity contribution in [3.63, 3.8) is 0 Å². The number of nitrogens with one attached hydrogen (secondary N) is 4. The van der Waals surface area contributed by atoms with Gasteiger partial charge in [0.25, 0.3) is 0 Å². The van der Waals surface area contributed by atoms with Crippen LogP contribution in [0.15, 0.2) is 54.6 Å². The summed E-state index contributed by atoms with van der Waals surface area (Å²) in [6.07, 6.45) is 1.33. The van der Waals surface area contributed by atoms with Crippen molar-refractivity contribution in [1.29, 1.82) is 0 Å². The average molecular weight is 806 g/mol. The topological polar surface area (TPSA) is 200 Å². The molecule has 0 spiro atoms. The minimum atomic E-state index is -1.22.